The monoisotopic (exact) mass is 456 g/mol. The zero-order chi connectivity index (χ0) is 23.4. The van der Waals surface area contributed by atoms with Gasteiger partial charge in [0.25, 0.3) is 0 Å². The van der Waals surface area contributed by atoms with Gasteiger partial charge in [-0.2, -0.15) is 0 Å². The third-order valence-electron chi connectivity index (χ3n) is 8.92. The van der Waals surface area contributed by atoms with Crippen molar-refractivity contribution in [2.45, 2.75) is 95.7 Å². The van der Waals surface area contributed by atoms with Gasteiger partial charge in [-0.25, -0.2) is 0 Å². The van der Waals surface area contributed by atoms with Gasteiger partial charge in [0, 0.05) is 19.6 Å². The molecule has 0 radical (unpaired) electrons. The molecule has 3 aromatic rings. The molecule has 0 aliphatic carbocycles. The predicted molar refractivity (Wildman–Crippen MR) is 144 cm³/mol. The van der Waals surface area contributed by atoms with Crippen LogP contribution in [0, 0.1) is 76.2 Å². The van der Waals surface area contributed by atoms with Gasteiger partial charge in [0.1, 0.15) is 0 Å². The van der Waals surface area contributed by atoms with Crippen LogP contribution in [-0.4, -0.2) is 6.71 Å². The molecule has 0 saturated heterocycles. The smallest absolute Gasteiger partial charge is 0.0905 e. The van der Waals surface area contributed by atoms with Crippen LogP contribution in [0.3, 0.4) is 0 Å². The van der Waals surface area contributed by atoms with Crippen LogP contribution in [0.4, 0.5) is 0 Å². The van der Waals surface area contributed by atoms with Crippen molar-refractivity contribution < 1.29 is 0 Å². The summed E-state index contributed by atoms with van der Waals surface area (Å²) in [6, 6.07) is 0. The highest BCUT2D eigenvalue weighted by Crippen LogP contribution is 2.46. The molecule has 0 nitrogen and oxygen atoms in total. The van der Waals surface area contributed by atoms with Crippen molar-refractivity contribution in [3.63, 3.8) is 0 Å². The highest BCUT2D eigenvalue weighted by molar-refractivity contribution is 8.01. The summed E-state index contributed by atoms with van der Waals surface area (Å²) in [5, 5.41) is 0. The fourth-order valence-corrected chi connectivity index (χ4v) is 8.98. The van der Waals surface area contributed by atoms with Crippen LogP contribution >= 0.6 is 23.5 Å². The maximum absolute atomic E-state index is 2.37. The average molecular weight is 457 g/mol. The van der Waals surface area contributed by atoms with Crippen LogP contribution < -0.4 is 16.4 Å². The van der Waals surface area contributed by atoms with Crippen molar-refractivity contribution in [2.24, 2.45) is 0 Å². The molecule has 0 amide bonds. The van der Waals surface area contributed by atoms with Crippen molar-refractivity contribution in [3.8, 4) is 0 Å². The third kappa shape index (κ3) is 2.61. The zero-order valence-corrected chi connectivity index (χ0v) is 23.0. The van der Waals surface area contributed by atoms with Crippen molar-refractivity contribution in [1.29, 1.82) is 0 Å². The average Bonchev–Trinajstić information content (AvgIpc) is 2.79. The fraction of sp³-hybridized carbons (Fsp3) is 0.379. The van der Waals surface area contributed by atoms with E-state index in [0.717, 1.165) is 0 Å². The summed E-state index contributed by atoms with van der Waals surface area (Å²) in [5.74, 6) is 0. The van der Waals surface area contributed by atoms with Crippen LogP contribution in [0.1, 0.15) is 61.2 Å². The van der Waals surface area contributed by atoms with Gasteiger partial charge in [0.15, 0.2) is 0 Å². The van der Waals surface area contributed by atoms with Crippen LogP contribution in [0.15, 0.2) is 19.6 Å². The highest BCUT2D eigenvalue weighted by Gasteiger charge is 2.43. The maximum Gasteiger partial charge on any atom is 0.247 e. The second-order valence-electron chi connectivity index (χ2n) is 10.1. The molecule has 0 fully saturated rings. The molecular formula is C29H33BS2. The second kappa shape index (κ2) is 7.21. The second-order valence-corrected chi connectivity index (χ2v) is 12.1. The maximum atomic E-state index is 2.37. The van der Waals surface area contributed by atoms with E-state index in [1.165, 1.54) is 80.8 Å². The molecule has 0 N–H and O–H groups in total. The van der Waals surface area contributed by atoms with Crippen LogP contribution in [0.2, 0.25) is 0 Å². The SMILES string of the molecule is Cc1c(C)c(C)c2c(c1C)Sc1c(C)c(C)c(C)c3c1B2c1c(C)c(C)c(C)c(C)c1S3. The van der Waals surface area contributed by atoms with Gasteiger partial charge in [0.2, 0.25) is 6.71 Å². The molecule has 164 valence electrons. The Hall–Kier alpha value is -1.58. The van der Waals surface area contributed by atoms with Gasteiger partial charge in [-0.1, -0.05) is 45.6 Å². The molecule has 2 heterocycles. The number of hydrogen-bond acceptors (Lipinski definition) is 2. The Morgan fingerprint density at radius 2 is 0.562 bits per heavy atom. The Morgan fingerprint density at radius 3 is 0.906 bits per heavy atom. The largest absolute Gasteiger partial charge is 0.247 e. The van der Waals surface area contributed by atoms with Crippen LogP contribution in [0.5, 0.6) is 0 Å². The summed E-state index contributed by atoms with van der Waals surface area (Å²) in [6.07, 6.45) is 0. The number of rotatable bonds is 0. The molecule has 5 rings (SSSR count). The molecule has 2 aliphatic rings. The summed E-state index contributed by atoms with van der Waals surface area (Å²) >= 11 is 4.08. The Morgan fingerprint density at radius 1 is 0.312 bits per heavy atom. The van der Waals surface area contributed by atoms with Gasteiger partial charge >= 0.3 is 0 Å². The Labute approximate surface area is 203 Å². The van der Waals surface area contributed by atoms with Gasteiger partial charge in [0.05, 0.1) is 0 Å². The lowest BCUT2D eigenvalue weighted by atomic mass is 9.34. The molecule has 3 heteroatoms. The predicted octanol–water partition coefficient (Wildman–Crippen LogP) is 6.52. The fourth-order valence-electron chi connectivity index (χ4n) is 5.86. The quantitative estimate of drug-likeness (QED) is 0.243. The minimum Gasteiger partial charge on any atom is -0.0905 e. The third-order valence-corrected chi connectivity index (χ3v) is 11.8. The van der Waals surface area contributed by atoms with E-state index < -0.39 is 0 Å². The molecule has 0 unspecified atom stereocenters. The van der Waals surface area contributed by atoms with E-state index >= 15 is 0 Å². The minimum absolute atomic E-state index is 0.335. The lowest BCUT2D eigenvalue weighted by molar-refractivity contribution is 1.10. The standard InChI is InChI=1S/C29H33BS2/c1-12-14(3)19(8)26-23(17(12)6)30-24-18(7)13(2)15(4)20(9)27(24)32-29-22(11)16(5)21(10)28(31-26)25(29)30/h1-11H3. The van der Waals surface area contributed by atoms with E-state index in [9.17, 15) is 0 Å². The van der Waals surface area contributed by atoms with Crippen LogP contribution in [0.25, 0.3) is 0 Å². The summed E-state index contributed by atoms with van der Waals surface area (Å²) in [5.41, 5.74) is 20.9. The van der Waals surface area contributed by atoms with E-state index in [4.69, 9.17) is 0 Å². The van der Waals surface area contributed by atoms with Gasteiger partial charge in [-0.15, -0.1) is 0 Å². The highest BCUT2D eigenvalue weighted by atomic mass is 32.2. The van der Waals surface area contributed by atoms with E-state index in [0.29, 0.717) is 6.71 Å². The number of benzene rings is 3. The van der Waals surface area contributed by atoms with Crippen molar-refractivity contribution in [3.05, 3.63) is 61.2 Å². The first kappa shape index (κ1) is 22.2. The minimum atomic E-state index is 0.335. The van der Waals surface area contributed by atoms with Gasteiger partial charge < -0.3 is 0 Å². The van der Waals surface area contributed by atoms with Crippen molar-refractivity contribution in [2.75, 3.05) is 0 Å². The zero-order valence-electron chi connectivity index (χ0n) is 21.4. The Bertz CT molecular complexity index is 1240. The molecule has 0 atom stereocenters. The molecule has 0 saturated carbocycles. The van der Waals surface area contributed by atoms with Gasteiger partial charge in [-0.3, -0.25) is 0 Å². The number of hydrogen-bond donors (Lipinski definition) is 0. The van der Waals surface area contributed by atoms with E-state index in [1.54, 1.807) is 16.4 Å². The lowest BCUT2D eigenvalue weighted by Gasteiger charge is -2.39. The Balaban J connectivity index is 2.03. The molecule has 0 aromatic heterocycles. The number of fused-ring (bicyclic) bond motifs is 4. The normalized spacial score (nSPS) is 13.8. The van der Waals surface area contributed by atoms with Crippen molar-refractivity contribution in [1.82, 2.24) is 0 Å². The van der Waals surface area contributed by atoms with Crippen LogP contribution in [-0.2, 0) is 0 Å². The first-order valence-corrected chi connectivity index (χ1v) is 13.3. The molecule has 3 aromatic carbocycles. The lowest BCUT2D eigenvalue weighted by Crippen LogP contribution is -2.60. The Kier molecular flexibility index (Phi) is 5.01. The molecule has 2 aliphatic heterocycles. The first-order valence-electron chi connectivity index (χ1n) is 11.7. The van der Waals surface area contributed by atoms with E-state index in [2.05, 4.69) is 76.2 Å². The van der Waals surface area contributed by atoms with E-state index in [-0.39, 0.29) is 0 Å². The molecular weight excluding hydrogens is 423 g/mol. The summed E-state index contributed by atoms with van der Waals surface area (Å²) in [7, 11) is 0. The topological polar surface area (TPSA) is 0 Å². The van der Waals surface area contributed by atoms with Gasteiger partial charge in [-0.05, 0) is 132 Å². The van der Waals surface area contributed by atoms with Crippen molar-refractivity contribution >= 4 is 46.6 Å². The molecule has 0 spiro atoms. The summed E-state index contributed by atoms with van der Waals surface area (Å²) in [6.45, 7) is 26.0. The first-order chi connectivity index (χ1) is 15.0. The molecule has 32 heavy (non-hydrogen) atoms. The summed E-state index contributed by atoms with van der Waals surface area (Å²) < 4.78 is 0. The molecule has 0 bridgehead atoms. The van der Waals surface area contributed by atoms with E-state index in [1.807, 2.05) is 23.5 Å². The summed E-state index contributed by atoms with van der Waals surface area (Å²) in [4.78, 5) is 6.04.